The molecule has 4 heteroatoms. The number of ether oxygens (including phenoxy) is 3. The first-order chi connectivity index (χ1) is 11.0. The molecule has 2 bridgehead atoms. The predicted octanol–water partition coefficient (Wildman–Crippen LogP) is 3.74. The Kier molecular flexibility index (Phi) is 3.78. The quantitative estimate of drug-likeness (QED) is 0.856. The van der Waals surface area contributed by atoms with E-state index in [4.69, 9.17) is 14.2 Å². The molecule has 3 heterocycles. The molecule has 0 amide bonds. The molecular weight excluding hydrogens is 292 g/mol. The molecule has 3 fully saturated rings. The van der Waals surface area contributed by atoms with Gasteiger partial charge in [0, 0.05) is 25.4 Å². The third kappa shape index (κ3) is 2.14. The molecule has 1 N–H and O–H groups in total. The average molecular weight is 322 g/mol. The number of aliphatic hydroxyl groups excluding tert-OH is 1. The molecule has 4 rings (SSSR count). The van der Waals surface area contributed by atoms with E-state index in [-0.39, 0.29) is 18.5 Å². The molecule has 0 unspecified atom stereocenters. The van der Waals surface area contributed by atoms with E-state index in [0.29, 0.717) is 17.8 Å². The van der Waals surface area contributed by atoms with E-state index in [1.54, 1.807) is 0 Å². The first-order valence-electron chi connectivity index (χ1n) is 9.41. The SMILES string of the molecule is CCC1=C(CCCO)O[C@@H]2O[C@]3(C)CC[C@H]4[C@H](C)CC[C@@H]1[C@@]24O3. The minimum absolute atomic E-state index is 0.207. The molecule has 6 atom stereocenters. The molecule has 130 valence electrons. The van der Waals surface area contributed by atoms with Crippen molar-refractivity contribution >= 4 is 0 Å². The van der Waals surface area contributed by atoms with Gasteiger partial charge in [0.2, 0.25) is 6.29 Å². The highest BCUT2D eigenvalue weighted by Gasteiger charge is 2.70. The number of hydrogen-bond donors (Lipinski definition) is 1. The Balaban J connectivity index is 1.77. The number of allylic oxidation sites excluding steroid dienone is 1. The topological polar surface area (TPSA) is 47.9 Å². The van der Waals surface area contributed by atoms with Gasteiger partial charge in [-0.25, -0.2) is 0 Å². The maximum Gasteiger partial charge on any atom is 0.232 e. The van der Waals surface area contributed by atoms with Crippen LogP contribution in [0.3, 0.4) is 0 Å². The molecular formula is C19H30O4. The normalized spacial score (nSPS) is 48.2. The lowest BCUT2D eigenvalue weighted by atomic mass is 9.58. The van der Waals surface area contributed by atoms with Crippen molar-refractivity contribution in [1.82, 2.24) is 0 Å². The van der Waals surface area contributed by atoms with Crippen LogP contribution in [-0.4, -0.2) is 29.4 Å². The van der Waals surface area contributed by atoms with Gasteiger partial charge < -0.3 is 19.3 Å². The Morgan fingerprint density at radius 1 is 1.26 bits per heavy atom. The van der Waals surface area contributed by atoms with Crippen molar-refractivity contribution < 1.29 is 19.3 Å². The maximum atomic E-state index is 9.21. The summed E-state index contributed by atoms with van der Waals surface area (Å²) in [5.41, 5.74) is 1.14. The van der Waals surface area contributed by atoms with E-state index >= 15 is 0 Å². The van der Waals surface area contributed by atoms with Crippen LogP contribution < -0.4 is 0 Å². The van der Waals surface area contributed by atoms with Crippen LogP contribution in [0.1, 0.15) is 65.7 Å². The lowest BCUT2D eigenvalue weighted by Gasteiger charge is -2.55. The van der Waals surface area contributed by atoms with E-state index < -0.39 is 5.79 Å². The third-order valence-electron chi connectivity index (χ3n) is 6.72. The summed E-state index contributed by atoms with van der Waals surface area (Å²) in [7, 11) is 0. The maximum absolute atomic E-state index is 9.21. The highest BCUT2D eigenvalue weighted by atomic mass is 16.8. The van der Waals surface area contributed by atoms with Crippen LogP contribution >= 0.6 is 0 Å². The van der Waals surface area contributed by atoms with E-state index in [2.05, 4.69) is 20.8 Å². The third-order valence-corrected chi connectivity index (χ3v) is 6.72. The van der Waals surface area contributed by atoms with Crippen LogP contribution in [0.4, 0.5) is 0 Å². The lowest BCUT2D eigenvalue weighted by Crippen LogP contribution is -2.62. The van der Waals surface area contributed by atoms with Gasteiger partial charge >= 0.3 is 0 Å². The fourth-order valence-corrected chi connectivity index (χ4v) is 5.71. The smallest absolute Gasteiger partial charge is 0.232 e. The summed E-state index contributed by atoms with van der Waals surface area (Å²) in [5, 5.41) is 9.21. The first kappa shape index (κ1) is 15.9. The summed E-state index contributed by atoms with van der Waals surface area (Å²) in [4.78, 5) is 0. The largest absolute Gasteiger partial charge is 0.466 e. The summed E-state index contributed by atoms with van der Waals surface area (Å²) in [5.74, 6) is 2.20. The zero-order valence-corrected chi connectivity index (χ0v) is 14.6. The molecule has 0 aromatic rings. The molecule has 23 heavy (non-hydrogen) atoms. The summed E-state index contributed by atoms with van der Waals surface area (Å²) in [6.07, 6.45) is 6.87. The first-order valence-corrected chi connectivity index (χ1v) is 9.41. The summed E-state index contributed by atoms with van der Waals surface area (Å²) in [6.45, 7) is 6.88. The monoisotopic (exact) mass is 322 g/mol. The van der Waals surface area contributed by atoms with Crippen LogP contribution in [-0.2, 0) is 14.2 Å². The lowest BCUT2D eigenvalue weighted by molar-refractivity contribution is -0.244. The van der Waals surface area contributed by atoms with E-state index in [9.17, 15) is 5.11 Å². The Morgan fingerprint density at radius 3 is 2.83 bits per heavy atom. The van der Waals surface area contributed by atoms with Crippen molar-refractivity contribution in [3.8, 4) is 0 Å². The van der Waals surface area contributed by atoms with Gasteiger partial charge in [-0.05, 0) is 56.4 Å². The highest BCUT2D eigenvalue weighted by molar-refractivity contribution is 5.27. The van der Waals surface area contributed by atoms with Gasteiger partial charge in [0.1, 0.15) is 5.60 Å². The predicted molar refractivity (Wildman–Crippen MR) is 86.4 cm³/mol. The van der Waals surface area contributed by atoms with Crippen LogP contribution in [0.5, 0.6) is 0 Å². The summed E-state index contributed by atoms with van der Waals surface area (Å²) in [6, 6.07) is 0. The van der Waals surface area contributed by atoms with Crippen LogP contribution in [0.2, 0.25) is 0 Å². The van der Waals surface area contributed by atoms with Gasteiger partial charge in [0.25, 0.3) is 0 Å². The van der Waals surface area contributed by atoms with Crippen molar-refractivity contribution in [2.45, 2.75) is 83.4 Å². The van der Waals surface area contributed by atoms with Crippen molar-refractivity contribution in [3.63, 3.8) is 0 Å². The Morgan fingerprint density at radius 2 is 2.09 bits per heavy atom. The zero-order valence-electron chi connectivity index (χ0n) is 14.6. The van der Waals surface area contributed by atoms with Crippen molar-refractivity contribution in [1.29, 1.82) is 0 Å². The Labute approximate surface area is 139 Å². The van der Waals surface area contributed by atoms with Gasteiger partial charge in [-0.3, -0.25) is 0 Å². The molecule has 2 saturated heterocycles. The fourth-order valence-electron chi connectivity index (χ4n) is 5.71. The number of fused-ring (bicyclic) bond motifs is 1. The van der Waals surface area contributed by atoms with Gasteiger partial charge in [0.15, 0.2) is 5.79 Å². The van der Waals surface area contributed by atoms with E-state index in [0.717, 1.165) is 31.4 Å². The molecule has 0 radical (unpaired) electrons. The number of rotatable bonds is 4. The van der Waals surface area contributed by atoms with Crippen LogP contribution in [0.15, 0.2) is 11.3 Å². The highest BCUT2D eigenvalue weighted by Crippen LogP contribution is 2.63. The molecule has 4 nitrogen and oxygen atoms in total. The van der Waals surface area contributed by atoms with Gasteiger partial charge in [0.05, 0.1) is 5.76 Å². The van der Waals surface area contributed by atoms with E-state index in [1.165, 1.54) is 24.8 Å². The summed E-state index contributed by atoms with van der Waals surface area (Å²) < 4.78 is 19.4. The van der Waals surface area contributed by atoms with Crippen molar-refractivity contribution in [2.24, 2.45) is 17.8 Å². The molecule has 1 aliphatic carbocycles. The van der Waals surface area contributed by atoms with E-state index in [1.807, 2.05) is 0 Å². The molecule has 1 saturated carbocycles. The molecule has 3 aliphatic heterocycles. The molecule has 0 aromatic carbocycles. The minimum atomic E-state index is -0.484. The van der Waals surface area contributed by atoms with Crippen molar-refractivity contribution in [2.75, 3.05) is 6.61 Å². The zero-order chi connectivity index (χ0) is 16.2. The standard InChI is InChI=1S/C19H30O4/c1-4-13-15-8-7-12(2)14-9-10-18(3)22-17(19(14,15)23-18)21-16(13)6-5-11-20/h12,14-15,17,20H,4-11H2,1-3H3/t12-,14+,15+,17-,18+,19-/m1/s1. The molecule has 0 aromatic heterocycles. The second-order valence-electron chi connectivity index (χ2n) is 8.04. The fraction of sp³-hybridized carbons (Fsp3) is 0.895. The average Bonchev–Trinajstić information content (AvgIpc) is 2.75. The van der Waals surface area contributed by atoms with Crippen LogP contribution in [0, 0.1) is 17.8 Å². The second kappa shape index (κ2) is 5.47. The van der Waals surface area contributed by atoms with Gasteiger partial charge in [-0.1, -0.05) is 13.8 Å². The Hall–Kier alpha value is -0.580. The molecule has 1 spiro atoms. The van der Waals surface area contributed by atoms with Crippen LogP contribution in [0.25, 0.3) is 0 Å². The molecule has 4 aliphatic rings. The number of hydrogen-bond acceptors (Lipinski definition) is 4. The van der Waals surface area contributed by atoms with Crippen molar-refractivity contribution in [3.05, 3.63) is 11.3 Å². The number of aliphatic hydroxyl groups is 1. The van der Waals surface area contributed by atoms with Gasteiger partial charge in [-0.2, -0.15) is 0 Å². The summed E-state index contributed by atoms with van der Waals surface area (Å²) >= 11 is 0. The Bertz CT molecular complexity index is 515. The minimum Gasteiger partial charge on any atom is -0.466 e. The van der Waals surface area contributed by atoms with Gasteiger partial charge in [-0.15, -0.1) is 0 Å². The second-order valence-corrected chi connectivity index (χ2v) is 8.04.